The van der Waals surface area contributed by atoms with Crippen molar-refractivity contribution in [2.45, 2.75) is 6.42 Å². The lowest BCUT2D eigenvalue weighted by atomic mass is 9.96. The molecule has 2 aromatic rings. The van der Waals surface area contributed by atoms with Crippen LogP contribution in [0.5, 0.6) is 17.2 Å². The average Bonchev–Trinajstić information content (AvgIpc) is 2.95. The van der Waals surface area contributed by atoms with E-state index in [0.717, 1.165) is 11.3 Å². The molecule has 0 spiro atoms. The summed E-state index contributed by atoms with van der Waals surface area (Å²) in [7, 11) is 1.59. The molecule has 0 unspecified atom stereocenters. The van der Waals surface area contributed by atoms with Crippen LogP contribution in [0.1, 0.15) is 11.1 Å². The first-order chi connectivity index (χ1) is 12.7. The third-order valence-electron chi connectivity index (χ3n) is 4.31. The zero-order valence-corrected chi connectivity index (χ0v) is 14.1. The van der Waals surface area contributed by atoms with Crippen molar-refractivity contribution in [1.82, 2.24) is 0 Å². The summed E-state index contributed by atoms with van der Waals surface area (Å²) in [6, 6.07) is 12.5. The van der Waals surface area contributed by atoms with Crippen molar-refractivity contribution in [2.24, 2.45) is 0 Å². The second-order valence-corrected chi connectivity index (χ2v) is 5.91. The largest absolute Gasteiger partial charge is 0.497 e. The second kappa shape index (κ2) is 6.55. The van der Waals surface area contributed by atoms with Crippen molar-refractivity contribution in [1.29, 1.82) is 0 Å². The van der Waals surface area contributed by atoms with Gasteiger partial charge in [-0.1, -0.05) is 18.2 Å². The van der Waals surface area contributed by atoms with Gasteiger partial charge in [0.1, 0.15) is 19.0 Å². The fraction of sp³-hybridized carbons (Fsp3) is 0.200. The Kier molecular flexibility index (Phi) is 4.08. The maximum atomic E-state index is 12.3. The standard InChI is InChI=1S/C20H16O6/c1-23-14-5-2-12(3-6-14)10-15-18(20(22)26-19(15)21)13-4-7-16-17(11-13)25-9-8-24-16/h2-7,11H,8-10H2,1H3. The highest BCUT2D eigenvalue weighted by Gasteiger charge is 2.34. The highest BCUT2D eigenvalue weighted by atomic mass is 16.6. The predicted molar refractivity (Wildman–Crippen MR) is 92.1 cm³/mol. The van der Waals surface area contributed by atoms with Gasteiger partial charge in [-0.2, -0.15) is 0 Å². The second-order valence-electron chi connectivity index (χ2n) is 5.91. The lowest BCUT2D eigenvalue weighted by Gasteiger charge is -2.18. The van der Waals surface area contributed by atoms with Crippen LogP contribution >= 0.6 is 0 Å². The van der Waals surface area contributed by atoms with Crippen molar-refractivity contribution in [3.63, 3.8) is 0 Å². The van der Waals surface area contributed by atoms with Gasteiger partial charge in [0.25, 0.3) is 0 Å². The third-order valence-corrected chi connectivity index (χ3v) is 4.31. The number of benzene rings is 2. The summed E-state index contributed by atoms with van der Waals surface area (Å²) in [4.78, 5) is 24.5. The Hall–Kier alpha value is -3.28. The molecule has 0 saturated heterocycles. The molecule has 0 aromatic heterocycles. The Morgan fingerprint density at radius 2 is 1.65 bits per heavy atom. The summed E-state index contributed by atoms with van der Waals surface area (Å²) in [6.07, 6.45) is 0.290. The highest BCUT2D eigenvalue weighted by molar-refractivity contribution is 6.31. The quantitative estimate of drug-likeness (QED) is 0.622. The van der Waals surface area contributed by atoms with Gasteiger partial charge in [0.2, 0.25) is 0 Å². The molecule has 2 aliphatic heterocycles. The number of rotatable bonds is 4. The molecule has 0 saturated carbocycles. The molecule has 0 radical (unpaired) electrons. The number of esters is 2. The Morgan fingerprint density at radius 1 is 0.923 bits per heavy atom. The van der Waals surface area contributed by atoms with Crippen molar-refractivity contribution in [3.8, 4) is 17.2 Å². The molecule has 0 fully saturated rings. The van der Waals surface area contributed by atoms with Crippen molar-refractivity contribution >= 4 is 17.5 Å². The van der Waals surface area contributed by atoms with Crippen LogP contribution < -0.4 is 14.2 Å². The maximum Gasteiger partial charge on any atom is 0.347 e. The lowest BCUT2D eigenvalue weighted by molar-refractivity contribution is -0.150. The fourth-order valence-electron chi connectivity index (χ4n) is 3.02. The van der Waals surface area contributed by atoms with Crippen LogP contribution in [0, 0.1) is 0 Å². The van der Waals surface area contributed by atoms with Gasteiger partial charge in [0.05, 0.1) is 18.3 Å². The van der Waals surface area contributed by atoms with Gasteiger partial charge in [0, 0.05) is 6.42 Å². The first-order valence-corrected chi connectivity index (χ1v) is 8.18. The molecule has 0 amide bonds. The van der Waals surface area contributed by atoms with Crippen LogP contribution in [0.15, 0.2) is 48.0 Å². The van der Waals surface area contributed by atoms with E-state index in [1.807, 2.05) is 24.3 Å². The number of cyclic esters (lactones) is 2. The van der Waals surface area contributed by atoms with E-state index in [-0.39, 0.29) is 5.57 Å². The Labute approximate surface area is 149 Å². The molecule has 132 valence electrons. The fourth-order valence-corrected chi connectivity index (χ4v) is 3.02. The predicted octanol–water partition coefficient (Wildman–Crippen LogP) is 2.55. The first-order valence-electron chi connectivity index (χ1n) is 8.18. The van der Waals surface area contributed by atoms with Crippen LogP contribution in [0.2, 0.25) is 0 Å². The summed E-state index contributed by atoms with van der Waals surface area (Å²) in [5.41, 5.74) is 2.05. The molecule has 6 nitrogen and oxygen atoms in total. The van der Waals surface area contributed by atoms with Crippen LogP contribution in [0.25, 0.3) is 5.57 Å². The van der Waals surface area contributed by atoms with E-state index in [1.165, 1.54) is 0 Å². The van der Waals surface area contributed by atoms with E-state index in [2.05, 4.69) is 0 Å². The Balaban J connectivity index is 1.72. The Bertz CT molecular complexity index is 910. The zero-order chi connectivity index (χ0) is 18.1. The van der Waals surface area contributed by atoms with E-state index in [9.17, 15) is 9.59 Å². The van der Waals surface area contributed by atoms with E-state index < -0.39 is 11.9 Å². The average molecular weight is 352 g/mol. The molecular weight excluding hydrogens is 336 g/mol. The van der Waals surface area contributed by atoms with Gasteiger partial charge >= 0.3 is 11.9 Å². The van der Waals surface area contributed by atoms with Gasteiger partial charge in [-0.05, 0) is 35.4 Å². The summed E-state index contributed by atoms with van der Waals surface area (Å²) in [5.74, 6) is 0.637. The van der Waals surface area contributed by atoms with Crippen molar-refractivity contribution in [2.75, 3.05) is 20.3 Å². The molecule has 0 aliphatic carbocycles. The topological polar surface area (TPSA) is 71.1 Å². The number of carbonyl (C=O) groups excluding carboxylic acids is 2. The zero-order valence-electron chi connectivity index (χ0n) is 14.1. The first kappa shape index (κ1) is 16.2. The summed E-state index contributed by atoms with van der Waals surface area (Å²) < 4.78 is 21.1. The van der Waals surface area contributed by atoms with Crippen LogP contribution in [0.3, 0.4) is 0 Å². The number of hydrogen-bond acceptors (Lipinski definition) is 6. The van der Waals surface area contributed by atoms with Gasteiger partial charge < -0.3 is 18.9 Å². The molecule has 26 heavy (non-hydrogen) atoms. The Morgan fingerprint density at radius 3 is 2.38 bits per heavy atom. The summed E-state index contributed by atoms with van der Waals surface area (Å²) >= 11 is 0. The molecule has 2 heterocycles. The molecule has 2 aliphatic rings. The number of carbonyl (C=O) groups is 2. The molecule has 6 heteroatoms. The van der Waals surface area contributed by atoms with Crippen LogP contribution in [0.4, 0.5) is 0 Å². The van der Waals surface area contributed by atoms with Crippen molar-refractivity contribution < 1.29 is 28.5 Å². The van der Waals surface area contributed by atoms with Gasteiger partial charge in [-0.3, -0.25) is 0 Å². The molecule has 0 atom stereocenters. The van der Waals surface area contributed by atoms with E-state index in [4.69, 9.17) is 18.9 Å². The molecule has 4 rings (SSSR count). The molecular formula is C20H16O6. The third kappa shape index (κ3) is 2.90. The summed E-state index contributed by atoms with van der Waals surface area (Å²) in [6.45, 7) is 0.926. The smallest absolute Gasteiger partial charge is 0.347 e. The SMILES string of the molecule is COc1ccc(CC2=C(c3ccc4c(c3)OCCO4)C(=O)OC2=O)cc1. The van der Waals surface area contributed by atoms with E-state index >= 15 is 0 Å². The van der Waals surface area contributed by atoms with Crippen LogP contribution in [-0.4, -0.2) is 32.3 Å². The number of hydrogen-bond donors (Lipinski definition) is 0. The molecule has 0 bridgehead atoms. The molecule has 2 aromatic carbocycles. The summed E-state index contributed by atoms with van der Waals surface area (Å²) in [5, 5.41) is 0. The van der Waals surface area contributed by atoms with E-state index in [0.29, 0.717) is 42.3 Å². The number of ether oxygens (including phenoxy) is 4. The monoisotopic (exact) mass is 352 g/mol. The maximum absolute atomic E-state index is 12.3. The minimum absolute atomic E-state index is 0.266. The van der Waals surface area contributed by atoms with Crippen LogP contribution in [-0.2, 0) is 20.7 Å². The normalized spacial score (nSPS) is 15.9. The minimum atomic E-state index is -0.643. The minimum Gasteiger partial charge on any atom is -0.497 e. The van der Waals surface area contributed by atoms with Gasteiger partial charge in [-0.25, -0.2) is 9.59 Å². The van der Waals surface area contributed by atoms with Gasteiger partial charge in [0.15, 0.2) is 11.5 Å². The number of fused-ring (bicyclic) bond motifs is 1. The van der Waals surface area contributed by atoms with Crippen molar-refractivity contribution in [3.05, 3.63) is 59.2 Å². The lowest BCUT2D eigenvalue weighted by Crippen LogP contribution is -2.15. The highest BCUT2D eigenvalue weighted by Crippen LogP contribution is 2.36. The molecule has 0 N–H and O–H groups in total. The number of methoxy groups -OCH3 is 1. The van der Waals surface area contributed by atoms with Gasteiger partial charge in [-0.15, -0.1) is 0 Å². The van der Waals surface area contributed by atoms with E-state index in [1.54, 1.807) is 25.3 Å².